The molecule has 4 nitrogen and oxygen atoms in total. The first-order valence-electron chi connectivity index (χ1n) is 4.68. The molecule has 78 valence electrons. The number of rotatable bonds is 4. The van der Waals surface area contributed by atoms with Crippen molar-refractivity contribution in [2.24, 2.45) is 5.73 Å². The summed E-state index contributed by atoms with van der Waals surface area (Å²) in [6, 6.07) is 3.32. The number of nitrogens with one attached hydrogen (secondary N) is 1. The van der Waals surface area contributed by atoms with Gasteiger partial charge in [-0.15, -0.1) is 0 Å². The highest BCUT2D eigenvalue weighted by atomic mass is 16.3. The molecule has 0 aliphatic heterocycles. The van der Waals surface area contributed by atoms with Crippen molar-refractivity contribution in [3.63, 3.8) is 0 Å². The molecule has 3 N–H and O–H groups in total. The van der Waals surface area contributed by atoms with Crippen molar-refractivity contribution in [3.8, 4) is 0 Å². The van der Waals surface area contributed by atoms with Crippen LogP contribution in [0.2, 0.25) is 0 Å². The quantitative estimate of drug-likeness (QED) is 0.760. The van der Waals surface area contributed by atoms with Gasteiger partial charge in [-0.2, -0.15) is 0 Å². The van der Waals surface area contributed by atoms with Gasteiger partial charge in [0.2, 0.25) is 5.91 Å². The van der Waals surface area contributed by atoms with Gasteiger partial charge in [0.05, 0.1) is 12.3 Å². The molecule has 0 spiro atoms. The minimum absolute atomic E-state index is 0.0519. The molecule has 0 aromatic carbocycles. The summed E-state index contributed by atoms with van der Waals surface area (Å²) in [6.07, 6.45) is 1.81. The van der Waals surface area contributed by atoms with Crippen molar-refractivity contribution in [1.29, 1.82) is 0 Å². The Kier molecular flexibility index (Phi) is 3.71. The van der Waals surface area contributed by atoms with E-state index in [1.165, 1.54) is 0 Å². The number of hydrogen-bond acceptors (Lipinski definition) is 3. The molecule has 0 aliphatic carbocycles. The molecule has 14 heavy (non-hydrogen) atoms. The van der Waals surface area contributed by atoms with Crippen LogP contribution in [0.15, 0.2) is 22.8 Å². The van der Waals surface area contributed by atoms with Gasteiger partial charge in [-0.05, 0) is 26.0 Å². The van der Waals surface area contributed by atoms with Crippen LogP contribution in [0, 0.1) is 0 Å². The fourth-order valence-corrected chi connectivity index (χ4v) is 1.18. The van der Waals surface area contributed by atoms with E-state index in [9.17, 15) is 4.79 Å². The lowest BCUT2D eigenvalue weighted by Gasteiger charge is -2.11. The van der Waals surface area contributed by atoms with Crippen LogP contribution in [0.25, 0.3) is 0 Å². The smallest absolute Gasteiger partial charge is 0.222 e. The summed E-state index contributed by atoms with van der Waals surface area (Å²) in [5.41, 5.74) is 5.76. The maximum absolute atomic E-state index is 11.3. The molecule has 1 rings (SSSR count). The van der Waals surface area contributed by atoms with Gasteiger partial charge in [-0.1, -0.05) is 0 Å². The average molecular weight is 196 g/mol. The Morgan fingerprint density at radius 2 is 2.36 bits per heavy atom. The summed E-state index contributed by atoms with van der Waals surface area (Å²) in [7, 11) is 0. The highest BCUT2D eigenvalue weighted by molar-refractivity contribution is 5.76. The first-order valence-corrected chi connectivity index (χ1v) is 4.68. The largest absolute Gasteiger partial charge is 0.468 e. The van der Waals surface area contributed by atoms with Gasteiger partial charge in [-0.3, -0.25) is 4.79 Å². The van der Waals surface area contributed by atoms with Crippen LogP contribution in [-0.2, 0) is 4.79 Å². The van der Waals surface area contributed by atoms with Gasteiger partial charge in [0.15, 0.2) is 0 Å². The van der Waals surface area contributed by atoms with Crippen LogP contribution < -0.4 is 11.1 Å². The Bertz CT molecular complexity index is 280. The maximum Gasteiger partial charge on any atom is 0.222 e. The van der Waals surface area contributed by atoms with Crippen LogP contribution >= 0.6 is 0 Å². The second kappa shape index (κ2) is 4.81. The molecule has 4 heteroatoms. The molecule has 0 saturated carbocycles. The molecule has 1 heterocycles. The van der Waals surface area contributed by atoms with E-state index in [-0.39, 0.29) is 24.4 Å². The Morgan fingerprint density at radius 1 is 1.64 bits per heavy atom. The predicted octanol–water partition coefficient (Wildman–Crippen LogP) is 1.19. The van der Waals surface area contributed by atoms with Gasteiger partial charge in [-0.25, -0.2) is 0 Å². The molecular weight excluding hydrogens is 180 g/mol. The lowest BCUT2D eigenvalue weighted by molar-refractivity contribution is -0.122. The third-order valence-corrected chi connectivity index (χ3v) is 1.76. The van der Waals surface area contributed by atoms with E-state index >= 15 is 0 Å². The standard InChI is InChI=1S/C10H16N2O2/c1-7(2)12-10(13)6-8(11)9-4-3-5-14-9/h3-5,7-8H,6,11H2,1-2H3,(H,12,13). The van der Waals surface area contributed by atoms with Crippen molar-refractivity contribution in [1.82, 2.24) is 5.32 Å². The summed E-state index contributed by atoms with van der Waals surface area (Å²) in [6.45, 7) is 3.83. The Hall–Kier alpha value is -1.29. The fourth-order valence-electron chi connectivity index (χ4n) is 1.18. The SMILES string of the molecule is CC(C)NC(=O)CC(N)c1ccco1. The summed E-state index contributed by atoms with van der Waals surface area (Å²) in [4.78, 5) is 11.3. The topological polar surface area (TPSA) is 68.3 Å². The van der Waals surface area contributed by atoms with Crippen LogP contribution in [0.3, 0.4) is 0 Å². The Morgan fingerprint density at radius 3 is 2.86 bits per heavy atom. The number of furan rings is 1. The van der Waals surface area contributed by atoms with Crippen LogP contribution in [-0.4, -0.2) is 11.9 Å². The first kappa shape index (κ1) is 10.8. The molecule has 0 aliphatic rings. The lowest BCUT2D eigenvalue weighted by Crippen LogP contribution is -2.32. The monoisotopic (exact) mass is 196 g/mol. The highest BCUT2D eigenvalue weighted by Crippen LogP contribution is 2.13. The number of hydrogen-bond donors (Lipinski definition) is 2. The van der Waals surface area contributed by atoms with Crippen molar-refractivity contribution >= 4 is 5.91 Å². The minimum Gasteiger partial charge on any atom is -0.468 e. The summed E-state index contributed by atoms with van der Waals surface area (Å²) in [5, 5.41) is 2.77. The van der Waals surface area contributed by atoms with E-state index in [0.29, 0.717) is 5.76 Å². The van der Waals surface area contributed by atoms with Crippen molar-refractivity contribution < 1.29 is 9.21 Å². The number of amides is 1. The zero-order valence-electron chi connectivity index (χ0n) is 8.49. The molecule has 0 bridgehead atoms. The summed E-state index contributed by atoms with van der Waals surface area (Å²) >= 11 is 0. The Labute approximate surface area is 83.5 Å². The van der Waals surface area contributed by atoms with Crippen molar-refractivity contribution in [2.45, 2.75) is 32.4 Å². The van der Waals surface area contributed by atoms with Crippen molar-refractivity contribution in [3.05, 3.63) is 24.2 Å². The molecule has 0 fully saturated rings. The van der Waals surface area contributed by atoms with E-state index < -0.39 is 0 Å². The maximum atomic E-state index is 11.3. The second-order valence-corrected chi connectivity index (χ2v) is 3.55. The molecule has 1 unspecified atom stereocenters. The molecule has 0 radical (unpaired) electrons. The Balaban J connectivity index is 2.41. The van der Waals surface area contributed by atoms with E-state index in [4.69, 9.17) is 10.2 Å². The normalized spacial score (nSPS) is 12.9. The van der Waals surface area contributed by atoms with Crippen LogP contribution in [0.4, 0.5) is 0 Å². The van der Waals surface area contributed by atoms with Crippen molar-refractivity contribution in [2.75, 3.05) is 0 Å². The number of carbonyl (C=O) groups is 1. The predicted molar refractivity (Wildman–Crippen MR) is 53.5 cm³/mol. The first-order chi connectivity index (χ1) is 6.59. The van der Waals surface area contributed by atoms with Crippen LogP contribution in [0.1, 0.15) is 32.1 Å². The van der Waals surface area contributed by atoms with Gasteiger partial charge in [0.25, 0.3) is 0 Å². The fraction of sp³-hybridized carbons (Fsp3) is 0.500. The molecule has 0 saturated heterocycles. The third kappa shape index (κ3) is 3.22. The number of carbonyl (C=O) groups excluding carboxylic acids is 1. The molecule has 1 aromatic heterocycles. The molecule has 1 aromatic rings. The second-order valence-electron chi connectivity index (χ2n) is 3.55. The van der Waals surface area contributed by atoms with Gasteiger partial charge < -0.3 is 15.5 Å². The van der Waals surface area contributed by atoms with Gasteiger partial charge >= 0.3 is 0 Å². The average Bonchev–Trinajstić information content (AvgIpc) is 2.53. The lowest BCUT2D eigenvalue weighted by atomic mass is 10.1. The van der Waals surface area contributed by atoms with E-state index in [1.54, 1.807) is 18.4 Å². The number of nitrogens with two attached hydrogens (primary N) is 1. The van der Waals surface area contributed by atoms with E-state index in [0.717, 1.165) is 0 Å². The van der Waals surface area contributed by atoms with E-state index in [2.05, 4.69) is 5.32 Å². The molecule has 1 atom stereocenters. The zero-order chi connectivity index (χ0) is 10.6. The zero-order valence-corrected chi connectivity index (χ0v) is 8.49. The van der Waals surface area contributed by atoms with E-state index in [1.807, 2.05) is 13.8 Å². The van der Waals surface area contributed by atoms with Crippen LogP contribution in [0.5, 0.6) is 0 Å². The molecular formula is C10H16N2O2. The summed E-state index contributed by atoms with van der Waals surface area (Å²) < 4.78 is 5.10. The van der Waals surface area contributed by atoms with Gasteiger partial charge in [0, 0.05) is 12.5 Å². The minimum atomic E-state index is -0.358. The third-order valence-electron chi connectivity index (χ3n) is 1.76. The highest BCUT2D eigenvalue weighted by Gasteiger charge is 2.13. The van der Waals surface area contributed by atoms with Gasteiger partial charge in [0.1, 0.15) is 5.76 Å². The molecule has 1 amide bonds. The summed E-state index contributed by atoms with van der Waals surface area (Å²) in [5.74, 6) is 0.591.